The summed E-state index contributed by atoms with van der Waals surface area (Å²) >= 11 is 0. The van der Waals surface area contributed by atoms with E-state index in [9.17, 15) is 9.18 Å². The number of hydrogen-bond donors (Lipinski definition) is 1. The van der Waals surface area contributed by atoms with Crippen LogP contribution in [0.15, 0.2) is 47.3 Å². The molecule has 0 saturated carbocycles. The van der Waals surface area contributed by atoms with E-state index < -0.39 is 5.82 Å². The number of hydrogen-bond acceptors (Lipinski definition) is 4. The van der Waals surface area contributed by atoms with Gasteiger partial charge in [0.05, 0.1) is 12.8 Å². The second kappa shape index (κ2) is 5.96. The molecule has 1 N–H and O–H groups in total. The summed E-state index contributed by atoms with van der Waals surface area (Å²) in [5.41, 5.74) is 0.365. The normalized spacial score (nSPS) is 10.6. The molecule has 0 atom stereocenters. The van der Waals surface area contributed by atoms with Gasteiger partial charge in [-0.2, -0.15) is 5.10 Å². The van der Waals surface area contributed by atoms with Crippen LogP contribution < -0.4 is 15.2 Å². The van der Waals surface area contributed by atoms with E-state index in [1.54, 1.807) is 31.2 Å². The molecular weight excluding hydrogens is 301 g/mol. The van der Waals surface area contributed by atoms with Gasteiger partial charge < -0.3 is 9.47 Å². The second-order valence-electron chi connectivity index (χ2n) is 4.80. The van der Waals surface area contributed by atoms with Gasteiger partial charge in [0, 0.05) is 6.07 Å². The lowest BCUT2D eigenvalue weighted by atomic mass is 10.3. The van der Waals surface area contributed by atoms with Crippen LogP contribution in [0.25, 0.3) is 5.69 Å². The second-order valence-corrected chi connectivity index (χ2v) is 4.80. The van der Waals surface area contributed by atoms with Gasteiger partial charge in [0.2, 0.25) is 0 Å². The number of halogens is 1. The molecule has 118 valence electrons. The van der Waals surface area contributed by atoms with Gasteiger partial charge in [0.1, 0.15) is 17.3 Å². The highest BCUT2D eigenvalue weighted by Crippen LogP contribution is 2.27. The highest BCUT2D eigenvalue weighted by atomic mass is 19.1. The zero-order valence-electron chi connectivity index (χ0n) is 12.5. The van der Waals surface area contributed by atoms with Crippen LogP contribution in [0.5, 0.6) is 17.2 Å². The van der Waals surface area contributed by atoms with Crippen molar-refractivity contribution in [2.45, 2.75) is 6.92 Å². The average molecular weight is 315 g/mol. The number of rotatable bonds is 4. The third-order valence-corrected chi connectivity index (χ3v) is 3.29. The van der Waals surface area contributed by atoms with Crippen molar-refractivity contribution in [1.29, 1.82) is 0 Å². The van der Waals surface area contributed by atoms with E-state index in [1.165, 1.54) is 29.9 Å². The van der Waals surface area contributed by atoms with Crippen molar-refractivity contribution in [3.8, 4) is 22.9 Å². The number of aromatic amines is 1. The fourth-order valence-electron chi connectivity index (χ4n) is 2.18. The number of nitrogens with zero attached hydrogens (tertiary/aromatic N) is 2. The summed E-state index contributed by atoms with van der Waals surface area (Å²) in [4.78, 5) is 11.7. The summed E-state index contributed by atoms with van der Waals surface area (Å²) in [7, 11) is 1.39. The molecule has 23 heavy (non-hydrogen) atoms. The van der Waals surface area contributed by atoms with E-state index in [2.05, 4.69) is 10.2 Å². The van der Waals surface area contributed by atoms with Crippen molar-refractivity contribution in [2.24, 2.45) is 0 Å². The molecule has 7 heteroatoms. The first kappa shape index (κ1) is 14.8. The molecule has 3 aromatic rings. The third-order valence-electron chi connectivity index (χ3n) is 3.29. The molecule has 0 bridgehead atoms. The van der Waals surface area contributed by atoms with Crippen molar-refractivity contribution >= 4 is 0 Å². The number of H-pyrrole nitrogens is 1. The fraction of sp³-hybridized carbons (Fsp3) is 0.125. The van der Waals surface area contributed by atoms with Gasteiger partial charge >= 0.3 is 5.69 Å². The Kier molecular flexibility index (Phi) is 3.84. The topological polar surface area (TPSA) is 69.1 Å². The summed E-state index contributed by atoms with van der Waals surface area (Å²) in [6.45, 7) is 1.73. The van der Waals surface area contributed by atoms with Gasteiger partial charge in [-0.3, -0.25) is 0 Å². The van der Waals surface area contributed by atoms with Crippen LogP contribution >= 0.6 is 0 Å². The van der Waals surface area contributed by atoms with Crippen molar-refractivity contribution < 1.29 is 13.9 Å². The van der Waals surface area contributed by atoms with Gasteiger partial charge in [-0.1, -0.05) is 0 Å². The van der Waals surface area contributed by atoms with Crippen molar-refractivity contribution in [3.63, 3.8) is 0 Å². The van der Waals surface area contributed by atoms with E-state index >= 15 is 0 Å². The Morgan fingerprint density at radius 3 is 2.43 bits per heavy atom. The quantitative estimate of drug-likeness (QED) is 0.804. The molecule has 0 saturated heterocycles. The number of aryl methyl sites for hydroxylation is 1. The number of aromatic nitrogens is 3. The maximum atomic E-state index is 13.4. The smallest absolute Gasteiger partial charge is 0.347 e. The zero-order chi connectivity index (χ0) is 16.4. The van der Waals surface area contributed by atoms with Crippen LogP contribution in [0.4, 0.5) is 4.39 Å². The molecule has 0 radical (unpaired) electrons. The molecule has 0 fully saturated rings. The lowest BCUT2D eigenvalue weighted by Gasteiger charge is -2.09. The number of nitrogens with one attached hydrogen (secondary N) is 1. The standard InChI is InChI=1S/C16H14FN3O3/c1-10-18-19-16(21)20(10)11-3-5-12(6-4-11)23-13-7-8-14(17)15(9-13)22-2/h3-9H,1-2H3,(H,19,21). The molecule has 1 heterocycles. The average Bonchev–Trinajstić information content (AvgIpc) is 2.89. The molecule has 0 aliphatic carbocycles. The number of benzene rings is 2. The molecule has 0 unspecified atom stereocenters. The lowest BCUT2D eigenvalue weighted by molar-refractivity contribution is 0.381. The minimum absolute atomic E-state index is 0.111. The predicted molar refractivity (Wildman–Crippen MR) is 81.9 cm³/mol. The van der Waals surface area contributed by atoms with Gasteiger partial charge in [0.25, 0.3) is 0 Å². The SMILES string of the molecule is COc1cc(Oc2ccc(-n3c(C)n[nH]c3=O)cc2)ccc1F. The van der Waals surface area contributed by atoms with E-state index in [-0.39, 0.29) is 11.4 Å². The minimum Gasteiger partial charge on any atom is -0.494 e. The minimum atomic E-state index is -0.454. The first-order valence-electron chi connectivity index (χ1n) is 6.84. The Morgan fingerprint density at radius 1 is 1.13 bits per heavy atom. The third kappa shape index (κ3) is 2.94. The van der Waals surface area contributed by atoms with E-state index in [0.717, 1.165) is 0 Å². The lowest BCUT2D eigenvalue weighted by Crippen LogP contribution is -2.15. The summed E-state index contributed by atoms with van der Waals surface area (Å²) in [5.74, 6) is 1.22. The first-order valence-corrected chi connectivity index (χ1v) is 6.84. The van der Waals surface area contributed by atoms with Crippen LogP contribution in [0.3, 0.4) is 0 Å². The molecule has 2 aromatic carbocycles. The maximum Gasteiger partial charge on any atom is 0.347 e. The molecule has 3 rings (SSSR count). The van der Waals surface area contributed by atoms with E-state index in [4.69, 9.17) is 9.47 Å². The monoisotopic (exact) mass is 315 g/mol. The van der Waals surface area contributed by atoms with E-state index in [0.29, 0.717) is 23.0 Å². The van der Waals surface area contributed by atoms with Crippen molar-refractivity contribution in [2.75, 3.05) is 7.11 Å². The summed E-state index contributed by atoms with van der Waals surface area (Å²) in [6, 6.07) is 11.1. The number of methoxy groups -OCH3 is 1. The zero-order valence-corrected chi connectivity index (χ0v) is 12.5. The van der Waals surface area contributed by atoms with Gasteiger partial charge in [0.15, 0.2) is 11.6 Å². The Balaban J connectivity index is 1.84. The first-order chi connectivity index (χ1) is 11.1. The Bertz CT molecular complexity index is 884. The molecular formula is C16H14FN3O3. The van der Waals surface area contributed by atoms with Gasteiger partial charge in [-0.05, 0) is 43.3 Å². The highest BCUT2D eigenvalue weighted by molar-refractivity contribution is 5.41. The summed E-state index contributed by atoms with van der Waals surface area (Å²) in [5, 5.41) is 6.24. The summed E-state index contributed by atoms with van der Waals surface area (Å²) < 4.78 is 25.4. The Labute approximate surface area is 131 Å². The number of ether oxygens (including phenoxy) is 2. The van der Waals surface area contributed by atoms with Crippen LogP contribution in [0, 0.1) is 12.7 Å². The van der Waals surface area contributed by atoms with Crippen LogP contribution in [0.2, 0.25) is 0 Å². The largest absolute Gasteiger partial charge is 0.494 e. The highest BCUT2D eigenvalue weighted by Gasteiger charge is 2.08. The van der Waals surface area contributed by atoms with Crippen molar-refractivity contribution in [3.05, 3.63) is 64.6 Å². The Morgan fingerprint density at radius 2 is 1.83 bits per heavy atom. The fourth-order valence-corrected chi connectivity index (χ4v) is 2.18. The van der Waals surface area contributed by atoms with Crippen LogP contribution in [0.1, 0.15) is 5.82 Å². The molecule has 6 nitrogen and oxygen atoms in total. The maximum absolute atomic E-state index is 13.4. The summed E-state index contributed by atoms with van der Waals surface area (Å²) in [6.07, 6.45) is 0. The predicted octanol–water partition coefficient (Wildman–Crippen LogP) is 2.81. The molecule has 1 aromatic heterocycles. The van der Waals surface area contributed by atoms with Crippen LogP contribution in [-0.4, -0.2) is 21.9 Å². The molecule has 0 aliphatic heterocycles. The molecule has 0 spiro atoms. The van der Waals surface area contributed by atoms with Gasteiger partial charge in [-0.25, -0.2) is 18.9 Å². The molecule has 0 amide bonds. The van der Waals surface area contributed by atoms with Gasteiger partial charge in [-0.15, -0.1) is 0 Å². The molecule has 0 aliphatic rings. The van der Waals surface area contributed by atoms with Crippen LogP contribution in [-0.2, 0) is 0 Å². The van der Waals surface area contributed by atoms with E-state index in [1.807, 2.05) is 0 Å². The Hall–Kier alpha value is -3.09. The van der Waals surface area contributed by atoms with Crippen molar-refractivity contribution in [1.82, 2.24) is 14.8 Å².